The van der Waals surface area contributed by atoms with Crippen LogP contribution in [0.5, 0.6) is 5.75 Å². The molecule has 4 nitrogen and oxygen atoms in total. The standard InChI is InChI=1S/C11H13NO3/c12-11(10(14)15)4-3-7-5-9(13)2-1-8(7)6-11/h1-2,5,13H,3-4,6,12H2,(H,14,15). The molecule has 0 radical (unpaired) electrons. The lowest BCUT2D eigenvalue weighted by molar-refractivity contribution is -0.143. The fraction of sp³-hybridized carbons (Fsp3) is 0.364. The van der Waals surface area contributed by atoms with E-state index in [1.54, 1.807) is 18.2 Å². The van der Waals surface area contributed by atoms with Crippen LogP contribution in [0.3, 0.4) is 0 Å². The molecule has 0 spiro atoms. The minimum atomic E-state index is -1.15. The van der Waals surface area contributed by atoms with Gasteiger partial charge in [-0.2, -0.15) is 0 Å². The first-order chi connectivity index (χ1) is 7.01. The summed E-state index contributed by atoms with van der Waals surface area (Å²) in [7, 11) is 0. The maximum absolute atomic E-state index is 11.0. The van der Waals surface area contributed by atoms with Crippen LogP contribution in [0.1, 0.15) is 17.5 Å². The Balaban J connectivity index is 2.35. The number of aliphatic carboxylic acids is 1. The largest absolute Gasteiger partial charge is 0.508 e. The summed E-state index contributed by atoms with van der Waals surface area (Å²) in [5.41, 5.74) is 6.56. The summed E-state index contributed by atoms with van der Waals surface area (Å²) in [4.78, 5) is 11.0. The van der Waals surface area contributed by atoms with Gasteiger partial charge in [-0.15, -0.1) is 0 Å². The Labute approximate surface area is 87.3 Å². The molecule has 4 heteroatoms. The zero-order valence-electron chi connectivity index (χ0n) is 8.23. The van der Waals surface area contributed by atoms with E-state index >= 15 is 0 Å². The third-order valence-corrected chi connectivity index (χ3v) is 2.96. The number of fused-ring (bicyclic) bond motifs is 1. The van der Waals surface area contributed by atoms with Crippen LogP contribution < -0.4 is 5.73 Å². The number of rotatable bonds is 1. The van der Waals surface area contributed by atoms with Gasteiger partial charge in [0.1, 0.15) is 11.3 Å². The number of hydrogen-bond acceptors (Lipinski definition) is 3. The summed E-state index contributed by atoms with van der Waals surface area (Å²) >= 11 is 0. The van der Waals surface area contributed by atoms with Crippen molar-refractivity contribution in [3.05, 3.63) is 29.3 Å². The molecule has 1 unspecified atom stereocenters. The Morgan fingerprint density at radius 3 is 2.80 bits per heavy atom. The van der Waals surface area contributed by atoms with Gasteiger partial charge in [-0.1, -0.05) is 6.07 Å². The quantitative estimate of drug-likeness (QED) is 0.631. The molecule has 1 aliphatic carbocycles. The van der Waals surface area contributed by atoms with Crippen molar-refractivity contribution < 1.29 is 15.0 Å². The monoisotopic (exact) mass is 207 g/mol. The third-order valence-electron chi connectivity index (χ3n) is 2.96. The van der Waals surface area contributed by atoms with Gasteiger partial charge >= 0.3 is 5.97 Å². The number of carboxylic acid groups (broad SMARTS) is 1. The Morgan fingerprint density at radius 1 is 1.40 bits per heavy atom. The third kappa shape index (κ3) is 1.68. The number of hydrogen-bond donors (Lipinski definition) is 3. The molecule has 0 heterocycles. The normalized spacial score (nSPS) is 24.6. The number of carbonyl (C=O) groups is 1. The zero-order valence-corrected chi connectivity index (χ0v) is 8.23. The Hall–Kier alpha value is -1.55. The van der Waals surface area contributed by atoms with Gasteiger partial charge in [-0.3, -0.25) is 4.79 Å². The molecule has 0 aromatic heterocycles. The van der Waals surface area contributed by atoms with Crippen molar-refractivity contribution >= 4 is 5.97 Å². The van der Waals surface area contributed by atoms with Crippen LogP contribution in [0.25, 0.3) is 0 Å². The summed E-state index contributed by atoms with van der Waals surface area (Å²) in [5, 5.41) is 18.3. The molecule has 0 saturated carbocycles. The van der Waals surface area contributed by atoms with Crippen molar-refractivity contribution in [2.24, 2.45) is 5.73 Å². The maximum atomic E-state index is 11.0. The Kier molecular flexibility index (Phi) is 2.16. The highest BCUT2D eigenvalue weighted by Crippen LogP contribution is 2.29. The molecule has 1 atom stereocenters. The minimum absolute atomic E-state index is 0.216. The number of aryl methyl sites for hydroxylation is 1. The van der Waals surface area contributed by atoms with Crippen molar-refractivity contribution in [3.63, 3.8) is 0 Å². The molecule has 15 heavy (non-hydrogen) atoms. The highest BCUT2D eigenvalue weighted by Gasteiger charge is 2.37. The number of nitrogens with two attached hydrogens (primary N) is 1. The van der Waals surface area contributed by atoms with E-state index in [1.807, 2.05) is 0 Å². The summed E-state index contributed by atoms with van der Waals surface area (Å²) in [6.45, 7) is 0. The fourth-order valence-corrected chi connectivity index (χ4v) is 1.99. The molecule has 0 amide bonds. The molecule has 2 rings (SSSR count). The van der Waals surface area contributed by atoms with E-state index in [4.69, 9.17) is 10.8 Å². The molecule has 0 aliphatic heterocycles. The van der Waals surface area contributed by atoms with E-state index in [2.05, 4.69) is 0 Å². The molecule has 4 N–H and O–H groups in total. The lowest BCUT2D eigenvalue weighted by Crippen LogP contribution is -2.52. The molecule has 80 valence electrons. The van der Waals surface area contributed by atoms with E-state index in [-0.39, 0.29) is 5.75 Å². The topological polar surface area (TPSA) is 83.6 Å². The predicted octanol–water partition coefficient (Wildman–Crippen LogP) is 0.663. The van der Waals surface area contributed by atoms with Gasteiger partial charge in [0.15, 0.2) is 0 Å². The molecule has 0 saturated heterocycles. The average Bonchev–Trinajstić information content (AvgIpc) is 2.18. The molecule has 0 fully saturated rings. The molecular weight excluding hydrogens is 194 g/mol. The smallest absolute Gasteiger partial charge is 0.324 e. The van der Waals surface area contributed by atoms with Crippen molar-refractivity contribution in [2.45, 2.75) is 24.8 Å². The van der Waals surface area contributed by atoms with Gasteiger partial charge in [0.05, 0.1) is 0 Å². The molecule has 1 aromatic carbocycles. The first-order valence-corrected chi connectivity index (χ1v) is 4.84. The van der Waals surface area contributed by atoms with Crippen LogP contribution in [0.15, 0.2) is 18.2 Å². The van der Waals surface area contributed by atoms with Gasteiger partial charge in [0.25, 0.3) is 0 Å². The molecule has 1 aliphatic rings. The predicted molar refractivity (Wildman–Crippen MR) is 54.7 cm³/mol. The second-order valence-corrected chi connectivity index (χ2v) is 4.09. The van der Waals surface area contributed by atoms with Crippen molar-refractivity contribution in [1.29, 1.82) is 0 Å². The second-order valence-electron chi connectivity index (χ2n) is 4.09. The summed E-state index contributed by atoms with van der Waals surface area (Å²) < 4.78 is 0. The lowest BCUT2D eigenvalue weighted by Gasteiger charge is -2.30. The average molecular weight is 207 g/mol. The Bertz CT molecular complexity index is 416. The SMILES string of the molecule is NC1(C(=O)O)CCc2cc(O)ccc2C1. The highest BCUT2D eigenvalue weighted by atomic mass is 16.4. The summed E-state index contributed by atoms with van der Waals surface area (Å²) in [5.74, 6) is -0.741. The van der Waals surface area contributed by atoms with Gasteiger partial charge in [0, 0.05) is 6.42 Å². The lowest BCUT2D eigenvalue weighted by atomic mass is 9.78. The molecular formula is C11H13NO3. The van der Waals surface area contributed by atoms with Crippen LogP contribution in [0.4, 0.5) is 0 Å². The number of phenolic OH excluding ortho intramolecular Hbond substituents is 1. The number of aromatic hydroxyl groups is 1. The molecule has 1 aromatic rings. The zero-order chi connectivity index (χ0) is 11.1. The highest BCUT2D eigenvalue weighted by molar-refractivity contribution is 5.79. The fourth-order valence-electron chi connectivity index (χ4n) is 1.99. The number of benzene rings is 1. The second kappa shape index (κ2) is 3.24. The van der Waals surface area contributed by atoms with Gasteiger partial charge < -0.3 is 15.9 Å². The van der Waals surface area contributed by atoms with E-state index < -0.39 is 11.5 Å². The van der Waals surface area contributed by atoms with Crippen molar-refractivity contribution in [2.75, 3.05) is 0 Å². The van der Waals surface area contributed by atoms with E-state index in [9.17, 15) is 9.90 Å². The number of phenols is 1. The van der Waals surface area contributed by atoms with Crippen LogP contribution in [-0.4, -0.2) is 21.7 Å². The van der Waals surface area contributed by atoms with Crippen LogP contribution in [0.2, 0.25) is 0 Å². The van der Waals surface area contributed by atoms with Crippen LogP contribution in [-0.2, 0) is 17.6 Å². The van der Waals surface area contributed by atoms with Crippen LogP contribution in [0, 0.1) is 0 Å². The van der Waals surface area contributed by atoms with Crippen LogP contribution >= 0.6 is 0 Å². The van der Waals surface area contributed by atoms with Gasteiger partial charge in [0.2, 0.25) is 0 Å². The van der Waals surface area contributed by atoms with E-state index in [0.717, 1.165) is 11.1 Å². The van der Waals surface area contributed by atoms with Gasteiger partial charge in [-0.25, -0.2) is 0 Å². The van der Waals surface area contributed by atoms with Crippen molar-refractivity contribution in [3.8, 4) is 5.75 Å². The maximum Gasteiger partial charge on any atom is 0.324 e. The van der Waals surface area contributed by atoms with E-state index in [0.29, 0.717) is 19.3 Å². The summed E-state index contributed by atoms with van der Waals surface area (Å²) in [6.07, 6.45) is 1.35. The molecule has 0 bridgehead atoms. The summed E-state index contributed by atoms with van der Waals surface area (Å²) in [6, 6.07) is 4.98. The van der Waals surface area contributed by atoms with E-state index in [1.165, 1.54) is 0 Å². The number of carboxylic acids is 1. The van der Waals surface area contributed by atoms with Crippen molar-refractivity contribution in [1.82, 2.24) is 0 Å². The first-order valence-electron chi connectivity index (χ1n) is 4.84. The van der Waals surface area contributed by atoms with Gasteiger partial charge in [-0.05, 0) is 36.1 Å². The minimum Gasteiger partial charge on any atom is -0.508 e. The first kappa shape index (κ1) is 9.98. The Morgan fingerprint density at radius 2 is 2.13 bits per heavy atom.